The zero-order valence-corrected chi connectivity index (χ0v) is 19.8. The molecule has 5 rings (SSSR count). The number of hydrogen-bond donors (Lipinski definition) is 0. The highest BCUT2D eigenvalue weighted by Crippen LogP contribution is 2.56. The second kappa shape index (κ2) is 6.53. The number of rotatable bonds is 1. The first kappa shape index (κ1) is 20.0. The fourth-order valence-corrected chi connectivity index (χ4v) is 5.57. The van der Waals surface area contributed by atoms with Crippen LogP contribution in [0.4, 0.5) is 0 Å². The van der Waals surface area contributed by atoms with Crippen LogP contribution in [0.5, 0.6) is 0 Å². The molecule has 0 saturated carbocycles. The van der Waals surface area contributed by atoms with Crippen molar-refractivity contribution in [2.24, 2.45) is 7.05 Å². The van der Waals surface area contributed by atoms with Gasteiger partial charge < -0.3 is 0 Å². The molecule has 1 aliphatic carbocycles. The topological polar surface area (TPSA) is 3.88 Å². The molecule has 3 aromatic carbocycles. The van der Waals surface area contributed by atoms with Crippen molar-refractivity contribution in [1.29, 1.82) is 0 Å². The van der Waals surface area contributed by atoms with Crippen LogP contribution in [0.25, 0.3) is 33.2 Å². The van der Waals surface area contributed by atoms with Crippen LogP contribution in [0.1, 0.15) is 49.9 Å². The zero-order valence-electron chi connectivity index (χ0n) is 19.8. The molecule has 31 heavy (non-hydrogen) atoms. The first-order chi connectivity index (χ1) is 14.6. The molecule has 0 atom stereocenters. The second-order valence-corrected chi connectivity index (χ2v) is 10.4. The molecule has 0 radical (unpaired) electrons. The van der Waals surface area contributed by atoms with Gasteiger partial charge in [-0.25, -0.2) is 4.57 Å². The van der Waals surface area contributed by atoms with Crippen LogP contribution in [-0.2, 0) is 17.9 Å². The molecule has 1 nitrogen and oxygen atoms in total. The number of aryl methyl sites for hydroxylation is 3. The molecule has 0 amide bonds. The van der Waals surface area contributed by atoms with E-state index in [1.54, 1.807) is 0 Å². The van der Waals surface area contributed by atoms with E-state index in [1.807, 2.05) is 0 Å². The number of pyridine rings is 1. The number of aromatic nitrogens is 1. The standard InChI is InChI=1S/C30H32N/c1-19-12-15-27(31(7)18-19)24-17-26-25(16-20(24)2)23-14-13-21-10-8-9-11-22(21)28(23)30(5,6)29(26,3)4/h8-18H,1-7H3/q+1. The van der Waals surface area contributed by atoms with Gasteiger partial charge in [0, 0.05) is 22.6 Å². The van der Waals surface area contributed by atoms with E-state index in [9.17, 15) is 0 Å². The molecule has 0 bridgehead atoms. The van der Waals surface area contributed by atoms with Crippen LogP contribution in [0, 0.1) is 13.8 Å². The summed E-state index contributed by atoms with van der Waals surface area (Å²) in [5.41, 5.74) is 10.9. The van der Waals surface area contributed by atoms with Crippen molar-refractivity contribution in [1.82, 2.24) is 0 Å². The van der Waals surface area contributed by atoms with Crippen LogP contribution in [0.15, 0.2) is 66.9 Å². The molecule has 4 aromatic rings. The highest BCUT2D eigenvalue weighted by atomic mass is 14.9. The molecule has 0 fully saturated rings. The van der Waals surface area contributed by atoms with E-state index in [2.05, 4.69) is 120 Å². The molecule has 156 valence electrons. The predicted molar refractivity (Wildman–Crippen MR) is 132 cm³/mol. The molecule has 0 unspecified atom stereocenters. The molecular weight excluding hydrogens is 374 g/mol. The maximum absolute atomic E-state index is 2.47. The summed E-state index contributed by atoms with van der Waals surface area (Å²) in [6, 6.07) is 22.8. The van der Waals surface area contributed by atoms with Crippen molar-refractivity contribution in [3.05, 3.63) is 89.1 Å². The van der Waals surface area contributed by atoms with Crippen LogP contribution in [0.2, 0.25) is 0 Å². The smallest absolute Gasteiger partial charge is 0.201 e. The van der Waals surface area contributed by atoms with E-state index in [1.165, 1.54) is 55.4 Å². The van der Waals surface area contributed by atoms with Gasteiger partial charge in [0.2, 0.25) is 5.69 Å². The van der Waals surface area contributed by atoms with Gasteiger partial charge in [-0.05, 0) is 70.0 Å². The van der Waals surface area contributed by atoms with Gasteiger partial charge in [-0.1, -0.05) is 70.2 Å². The van der Waals surface area contributed by atoms with Crippen LogP contribution < -0.4 is 4.57 Å². The normalized spacial score (nSPS) is 16.1. The molecular formula is C30H32N+. The average Bonchev–Trinajstić information content (AvgIpc) is 2.72. The molecule has 0 spiro atoms. The van der Waals surface area contributed by atoms with E-state index < -0.39 is 0 Å². The maximum atomic E-state index is 2.47. The van der Waals surface area contributed by atoms with E-state index >= 15 is 0 Å². The van der Waals surface area contributed by atoms with E-state index in [4.69, 9.17) is 0 Å². The van der Waals surface area contributed by atoms with Gasteiger partial charge in [0.25, 0.3) is 0 Å². The van der Waals surface area contributed by atoms with Gasteiger partial charge in [-0.3, -0.25) is 0 Å². The Labute approximate surface area is 186 Å². The van der Waals surface area contributed by atoms with Crippen molar-refractivity contribution in [2.75, 3.05) is 0 Å². The highest BCUT2D eigenvalue weighted by Gasteiger charge is 2.47. The zero-order chi connectivity index (χ0) is 22.1. The van der Waals surface area contributed by atoms with Gasteiger partial charge in [0.1, 0.15) is 7.05 Å². The molecule has 1 aliphatic rings. The van der Waals surface area contributed by atoms with Crippen molar-refractivity contribution < 1.29 is 4.57 Å². The lowest BCUT2D eigenvalue weighted by atomic mass is 9.54. The van der Waals surface area contributed by atoms with E-state index in [0.29, 0.717) is 0 Å². The maximum Gasteiger partial charge on any atom is 0.212 e. The van der Waals surface area contributed by atoms with Crippen LogP contribution >= 0.6 is 0 Å². The van der Waals surface area contributed by atoms with Gasteiger partial charge in [0.15, 0.2) is 6.20 Å². The monoisotopic (exact) mass is 406 g/mol. The number of benzene rings is 3. The van der Waals surface area contributed by atoms with Crippen molar-refractivity contribution >= 4 is 10.8 Å². The Hall–Kier alpha value is -2.93. The second-order valence-electron chi connectivity index (χ2n) is 10.4. The fraction of sp³-hybridized carbons (Fsp3) is 0.300. The summed E-state index contributed by atoms with van der Waals surface area (Å²) >= 11 is 0. The Morgan fingerprint density at radius 3 is 2.19 bits per heavy atom. The Morgan fingerprint density at radius 1 is 0.710 bits per heavy atom. The van der Waals surface area contributed by atoms with Crippen LogP contribution in [-0.4, -0.2) is 0 Å². The van der Waals surface area contributed by atoms with Crippen molar-refractivity contribution in [2.45, 2.75) is 52.4 Å². The van der Waals surface area contributed by atoms with Crippen molar-refractivity contribution in [3.63, 3.8) is 0 Å². The van der Waals surface area contributed by atoms with E-state index in [-0.39, 0.29) is 10.8 Å². The predicted octanol–water partition coefficient (Wildman–Crippen LogP) is 7.18. The quantitative estimate of drug-likeness (QED) is 0.295. The SMILES string of the molecule is Cc1ccc(-c2cc3c(cc2C)-c2ccc4ccccc4c2C(C)(C)C3(C)C)[n+](C)c1. The third kappa shape index (κ3) is 2.72. The Kier molecular flexibility index (Phi) is 4.21. The average molecular weight is 407 g/mol. The molecule has 1 aromatic heterocycles. The minimum Gasteiger partial charge on any atom is -0.201 e. The van der Waals surface area contributed by atoms with Gasteiger partial charge in [-0.2, -0.15) is 0 Å². The summed E-state index contributed by atoms with van der Waals surface area (Å²) in [5, 5.41) is 2.71. The Morgan fingerprint density at radius 2 is 1.45 bits per heavy atom. The summed E-state index contributed by atoms with van der Waals surface area (Å²) in [7, 11) is 2.15. The summed E-state index contributed by atoms with van der Waals surface area (Å²) in [5.74, 6) is 0. The summed E-state index contributed by atoms with van der Waals surface area (Å²) in [6.45, 7) is 14.1. The first-order valence-electron chi connectivity index (χ1n) is 11.3. The molecule has 0 N–H and O–H groups in total. The molecule has 1 heterocycles. The third-order valence-electron chi connectivity index (χ3n) is 8.00. The number of hydrogen-bond acceptors (Lipinski definition) is 0. The Bertz CT molecular complexity index is 1350. The highest BCUT2D eigenvalue weighted by molar-refractivity contribution is 5.96. The Balaban J connectivity index is 1.86. The van der Waals surface area contributed by atoms with Gasteiger partial charge in [0.05, 0.1) is 0 Å². The third-order valence-corrected chi connectivity index (χ3v) is 8.00. The van der Waals surface area contributed by atoms with Gasteiger partial charge in [-0.15, -0.1) is 0 Å². The molecule has 0 aliphatic heterocycles. The minimum absolute atomic E-state index is 0.00180. The van der Waals surface area contributed by atoms with Crippen LogP contribution in [0.3, 0.4) is 0 Å². The summed E-state index contributed by atoms with van der Waals surface area (Å²) < 4.78 is 2.26. The van der Waals surface area contributed by atoms with Crippen molar-refractivity contribution in [3.8, 4) is 22.4 Å². The minimum atomic E-state index is -0.00875. The molecule has 1 heteroatoms. The summed E-state index contributed by atoms with van der Waals surface area (Å²) in [4.78, 5) is 0. The lowest BCUT2D eigenvalue weighted by Gasteiger charge is -2.49. The number of nitrogens with zero attached hydrogens (tertiary/aromatic N) is 1. The van der Waals surface area contributed by atoms with Gasteiger partial charge >= 0.3 is 0 Å². The summed E-state index contributed by atoms with van der Waals surface area (Å²) in [6.07, 6.45) is 2.21. The lowest BCUT2D eigenvalue weighted by Crippen LogP contribution is -2.44. The van der Waals surface area contributed by atoms with E-state index in [0.717, 1.165) is 0 Å². The number of fused-ring (bicyclic) bond motifs is 5. The largest absolute Gasteiger partial charge is 0.212 e. The lowest BCUT2D eigenvalue weighted by molar-refractivity contribution is -0.660. The fourth-order valence-electron chi connectivity index (χ4n) is 5.57. The molecule has 0 saturated heterocycles. The first-order valence-corrected chi connectivity index (χ1v) is 11.3.